The van der Waals surface area contributed by atoms with Crippen LogP contribution in [-0.4, -0.2) is 61.6 Å². The van der Waals surface area contributed by atoms with E-state index >= 15 is 0 Å². The van der Waals surface area contributed by atoms with Crippen LogP contribution < -0.4 is 10.2 Å². The van der Waals surface area contributed by atoms with Gasteiger partial charge in [-0.05, 0) is 62.1 Å². The van der Waals surface area contributed by atoms with Crippen LogP contribution in [-0.2, 0) is 6.42 Å². The van der Waals surface area contributed by atoms with Gasteiger partial charge in [-0.1, -0.05) is 30.3 Å². The fourth-order valence-corrected chi connectivity index (χ4v) is 4.26. The van der Waals surface area contributed by atoms with Crippen molar-refractivity contribution in [1.29, 1.82) is 0 Å². The quantitative estimate of drug-likeness (QED) is 0.805. The van der Waals surface area contributed by atoms with Gasteiger partial charge in [-0.25, -0.2) is 4.79 Å². The molecule has 2 aliphatic heterocycles. The molecule has 0 radical (unpaired) electrons. The maximum atomic E-state index is 12.6. The summed E-state index contributed by atoms with van der Waals surface area (Å²) in [7, 11) is 0. The second kappa shape index (κ2) is 9.79. The van der Waals surface area contributed by atoms with Crippen LogP contribution in [0.5, 0.6) is 0 Å². The number of urea groups is 1. The van der Waals surface area contributed by atoms with Crippen molar-refractivity contribution < 1.29 is 4.79 Å². The van der Waals surface area contributed by atoms with Crippen LogP contribution in [0.3, 0.4) is 0 Å². The first-order valence-electron chi connectivity index (χ1n) is 11.0. The number of carbonyl (C=O) groups excluding carboxylic acids is 1. The van der Waals surface area contributed by atoms with Crippen LogP contribution >= 0.6 is 0 Å². The lowest BCUT2D eigenvalue weighted by Gasteiger charge is -2.34. The predicted octanol–water partition coefficient (Wildman–Crippen LogP) is 4.07. The Morgan fingerprint density at radius 2 is 1.52 bits per heavy atom. The fraction of sp³-hybridized carbons (Fsp3) is 0.458. The molecule has 2 heterocycles. The molecular formula is C24H32N4O. The van der Waals surface area contributed by atoms with Gasteiger partial charge in [0.05, 0.1) is 0 Å². The summed E-state index contributed by atoms with van der Waals surface area (Å²) in [5.41, 5.74) is 3.54. The second-order valence-electron chi connectivity index (χ2n) is 8.09. The Morgan fingerprint density at radius 1 is 0.828 bits per heavy atom. The topological polar surface area (TPSA) is 38.8 Å². The Hall–Kier alpha value is -2.53. The number of piperazine rings is 1. The van der Waals surface area contributed by atoms with Gasteiger partial charge in [0.1, 0.15) is 0 Å². The number of nitrogens with one attached hydrogen (secondary N) is 1. The summed E-state index contributed by atoms with van der Waals surface area (Å²) in [6.45, 7) is 6.88. The molecule has 2 saturated heterocycles. The third-order valence-corrected chi connectivity index (χ3v) is 6.03. The molecule has 0 aliphatic carbocycles. The normalized spacial score (nSPS) is 17.5. The number of benzene rings is 2. The number of rotatable bonds is 6. The molecule has 5 heteroatoms. The molecule has 5 nitrogen and oxygen atoms in total. The van der Waals surface area contributed by atoms with Crippen molar-refractivity contribution >= 4 is 17.4 Å². The van der Waals surface area contributed by atoms with Crippen LogP contribution in [0.15, 0.2) is 54.6 Å². The molecule has 0 unspecified atom stereocenters. The molecular weight excluding hydrogens is 360 g/mol. The minimum atomic E-state index is 0.0165. The van der Waals surface area contributed by atoms with E-state index in [0.29, 0.717) is 0 Å². The Morgan fingerprint density at radius 3 is 2.21 bits per heavy atom. The van der Waals surface area contributed by atoms with E-state index in [0.717, 1.165) is 57.9 Å². The molecule has 0 saturated carbocycles. The van der Waals surface area contributed by atoms with Crippen LogP contribution in [0, 0.1) is 0 Å². The van der Waals surface area contributed by atoms with Gasteiger partial charge in [-0.2, -0.15) is 0 Å². The van der Waals surface area contributed by atoms with Crippen molar-refractivity contribution in [2.75, 3.05) is 56.0 Å². The zero-order valence-corrected chi connectivity index (χ0v) is 17.2. The average Bonchev–Trinajstić information content (AvgIpc) is 3.30. The summed E-state index contributed by atoms with van der Waals surface area (Å²) in [6, 6.07) is 18.9. The third kappa shape index (κ3) is 5.51. The summed E-state index contributed by atoms with van der Waals surface area (Å²) in [5.74, 6) is 0. The van der Waals surface area contributed by atoms with E-state index in [1.807, 2.05) is 17.0 Å². The summed E-state index contributed by atoms with van der Waals surface area (Å²) < 4.78 is 0. The predicted molar refractivity (Wildman–Crippen MR) is 120 cm³/mol. The highest BCUT2D eigenvalue weighted by Gasteiger charge is 2.21. The van der Waals surface area contributed by atoms with Crippen molar-refractivity contribution in [2.24, 2.45) is 0 Å². The monoisotopic (exact) mass is 392 g/mol. The summed E-state index contributed by atoms with van der Waals surface area (Å²) in [4.78, 5) is 19.4. The highest BCUT2D eigenvalue weighted by molar-refractivity contribution is 5.89. The molecule has 2 fully saturated rings. The molecule has 0 atom stereocenters. The van der Waals surface area contributed by atoms with Crippen molar-refractivity contribution in [3.63, 3.8) is 0 Å². The number of carbonyl (C=O) groups is 1. The zero-order valence-electron chi connectivity index (χ0n) is 17.2. The molecule has 1 N–H and O–H groups in total. The van der Waals surface area contributed by atoms with Crippen LogP contribution in [0.2, 0.25) is 0 Å². The first-order chi connectivity index (χ1) is 14.3. The smallest absolute Gasteiger partial charge is 0.321 e. The fourth-order valence-electron chi connectivity index (χ4n) is 4.26. The van der Waals surface area contributed by atoms with E-state index < -0.39 is 0 Å². The lowest BCUT2D eigenvalue weighted by Crippen LogP contribution is -2.50. The van der Waals surface area contributed by atoms with Gasteiger partial charge in [0.25, 0.3) is 0 Å². The zero-order chi connectivity index (χ0) is 19.9. The van der Waals surface area contributed by atoms with Crippen molar-refractivity contribution in [3.05, 3.63) is 60.2 Å². The number of amides is 2. The maximum Gasteiger partial charge on any atom is 0.321 e. The van der Waals surface area contributed by atoms with Gasteiger partial charge in [0.15, 0.2) is 0 Å². The van der Waals surface area contributed by atoms with Gasteiger partial charge in [-0.3, -0.25) is 4.90 Å². The van der Waals surface area contributed by atoms with Crippen LogP contribution in [0.4, 0.5) is 16.2 Å². The summed E-state index contributed by atoms with van der Waals surface area (Å²) in [6.07, 6.45) is 4.84. The third-order valence-electron chi connectivity index (χ3n) is 6.03. The number of aryl methyl sites for hydroxylation is 1. The number of anilines is 2. The number of hydrogen-bond acceptors (Lipinski definition) is 3. The SMILES string of the molecule is O=C(Nc1ccc(N2CCCC2)cc1)N1CCN(CCCc2ccccc2)CC1. The van der Waals surface area contributed by atoms with Crippen molar-refractivity contribution in [2.45, 2.75) is 25.7 Å². The van der Waals surface area contributed by atoms with Gasteiger partial charge in [0, 0.05) is 50.6 Å². The molecule has 2 amide bonds. The van der Waals surface area contributed by atoms with Gasteiger partial charge in [-0.15, -0.1) is 0 Å². The van der Waals surface area contributed by atoms with E-state index in [1.54, 1.807) is 0 Å². The Kier molecular flexibility index (Phi) is 6.67. The molecule has 0 aromatic heterocycles. The minimum Gasteiger partial charge on any atom is -0.372 e. The lowest BCUT2D eigenvalue weighted by molar-refractivity contribution is 0.146. The van der Waals surface area contributed by atoms with E-state index in [4.69, 9.17) is 0 Å². The Balaban J connectivity index is 1.18. The highest BCUT2D eigenvalue weighted by atomic mass is 16.2. The molecule has 2 aromatic rings. The number of nitrogens with zero attached hydrogens (tertiary/aromatic N) is 3. The van der Waals surface area contributed by atoms with E-state index in [-0.39, 0.29) is 6.03 Å². The van der Waals surface area contributed by atoms with Gasteiger partial charge >= 0.3 is 6.03 Å². The first-order valence-corrected chi connectivity index (χ1v) is 11.0. The van der Waals surface area contributed by atoms with E-state index in [1.165, 1.54) is 30.5 Å². The molecule has 2 aromatic carbocycles. The molecule has 0 bridgehead atoms. The van der Waals surface area contributed by atoms with Crippen molar-refractivity contribution in [3.8, 4) is 0 Å². The first kappa shape index (κ1) is 19.8. The summed E-state index contributed by atoms with van der Waals surface area (Å²) >= 11 is 0. The largest absolute Gasteiger partial charge is 0.372 e. The van der Waals surface area contributed by atoms with Gasteiger partial charge < -0.3 is 15.1 Å². The van der Waals surface area contributed by atoms with Crippen LogP contribution in [0.25, 0.3) is 0 Å². The van der Waals surface area contributed by atoms with E-state index in [9.17, 15) is 4.79 Å². The average molecular weight is 393 g/mol. The van der Waals surface area contributed by atoms with Crippen molar-refractivity contribution in [1.82, 2.24) is 9.80 Å². The Labute approximate surface area is 174 Å². The molecule has 0 spiro atoms. The Bertz CT molecular complexity index is 763. The molecule has 4 rings (SSSR count). The molecule has 154 valence electrons. The number of hydrogen-bond donors (Lipinski definition) is 1. The van der Waals surface area contributed by atoms with Crippen LogP contribution in [0.1, 0.15) is 24.8 Å². The standard InChI is InChI=1S/C24H32N4O/c29-24(25-22-10-12-23(13-11-22)27-15-4-5-16-27)28-19-17-26(18-20-28)14-6-9-21-7-2-1-3-8-21/h1-3,7-8,10-13H,4-6,9,14-20H2,(H,25,29). The molecule has 29 heavy (non-hydrogen) atoms. The highest BCUT2D eigenvalue weighted by Crippen LogP contribution is 2.22. The molecule has 2 aliphatic rings. The lowest BCUT2D eigenvalue weighted by atomic mass is 10.1. The van der Waals surface area contributed by atoms with E-state index in [2.05, 4.69) is 57.6 Å². The minimum absolute atomic E-state index is 0.0165. The summed E-state index contributed by atoms with van der Waals surface area (Å²) in [5, 5.41) is 3.06. The second-order valence-corrected chi connectivity index (χ2v) is 8.09. The maximum absolute atomic E-state index is 12.6. The van der Waals surface area contributed by atoms with Gasteiger partial charge in [0.2, 0.25) is 0 Å².